The van der Waals surface area contributed by atoms with Gasteiger partial charge in [-0.3, -0.25) is 4.79 Å². The first kappa shape index (κ1) is 12.0. The van der Waals surface area contributed by atoms with Crippen LogP contribution in [-0.4, -0.2) is 25.2 Å². The van der Waals surface area contributed by atoms with Gasteiger partial charge in [-0.15, -0.1) is 0 Å². The number of benzene rings is 1. The molecule has 15 heavy (non-hydrogen) atoms. The van der Waals surface area contributed by atoms with Crippen LogP contribution in [0.3, 0.4) is 0 Å². The summed E-state index contributed by atoms with van der Waals surface area (Å²) in [6, 6.07) is 8.12. The number of rotatable bonds is 4. The zero-order valence-electron chi connectivity index (χ0n) is 7.63. The lowest BCUT2D eigenvalue weighted by molar-refractivity contribution is -0.138. The lowest BCUT2D eigenvalue weighted by Crippen LogP contribution is -2.19. The molecule has 6 heteroatoms. The average molecular weight is 249 g/mol. The number of halogens is 1. The van der Waals surface area contributed by atoms with Gasteiger partial charge in [0, 0.05) is 10.7 Å². The summed E-state index contributed by atoms with van der Waals surface area (Å²) in [4.78, 5) is 10.9. The van der Waals surface area contributed by atoms with Crippen molar-refractivity contribution < 1.29 is 18.3 Å². The number of hydrogen-bond donors (Lipinski definition) is 1. The maximum Gasteiger partial charge on any atom is 0.312 e. The molecule has 0 saturated carbocycles. The van der Waals surface area contributed by atoms with E-state index in [1.165, 1.54) is 0 Å². The molecule has 1 rings (SSSR count). The summed E-state index contributed by atoms with van der Waals surface area (Å²) in [5.74, 6) is -2.92. The van der Waals surface area contributed by atoms with Gasteiger partial charge in [0.25, 0.3) is 0 Å². The molecule has 1 atom stereocenters. The average Bonchev–Trinajstić information content (AvgIpc) is 2.14. The van der Waals surface area contributed by atoms with E-state index in [2.05, 4.69) is 0 Å². The predicted octanol–water partition coefficient (Wildman–Crippen LogP) is 1.42. The summed E-state index contributed by atoms with van der Waals surface area (Å²) in [6.45, 7) is 0. The third-order valence-corrected chi connectivity index (χ3v) is 2.98. The molecule has 0 saturated heterocycles. The van der Waals surface area contributed by atoms with Crippen LogP contribution in [0.2, 0.25) is 0 Å². The molecule has 0 aromatic heterocycles. The highest BCUT2D eigenvalue weighted by atomic mass is 35.7. The third kappa shape index (κ3) is 3.89. The van der Waals surface area contributed by atoms with Crippen LogP contribution in [0.5, 0.6) is 0 Å². The fraction of sp³-hybridized carbons (Fsp3) is 0.222. The number of carbonyl (C=O) groups is 1. The van der Waals surface area contributed by atoms with Gasteiger partial charge in [-0.1, -0.05) is 30.3 Å². The minimum atomic E-state index is -3.83. The maximum atomic E-state index is 10.9. The molecule has 1 aromatic rings. The van der Waals surface area contributed by atoms with Crippen LogP contribution in [0.15, 0.2) is 30.3 Å². The molecule has 0 fully saturated rings. The first-order chi connectivity index (χ1) is 6.90. The van der Waals surface area contributed by atoms with Crippen molar-refractivity contribution in [1.82, 2.24) is 0 Å². The van der Waals surface area contributed by atoms with Gasteiger partial charge in [0.15, 0.2) is 0 Å². The van der Waals surface area contributed by atoms with Crippen molar-refractivity contribution in [3.63, 3.8) is 0 Å². The highest BCUT2D eigenvalue weighted by molar-refractivity contribution is 8.13. The smallest absolute Gasteiger partial charge is 0.312 e. The van der Waals surface area contributed by atoms with Crippen LogP contribution in [0.25, 0.3) is 0 Å². The van der Waals surface area contributed by atoms with Gasteiger partial charge in [0.2, 0.25) is 9.05 Å². The molecule has 0 aliphatic heterocycles. The minimum absolute atomic E-state index is 0.425. The number of hydrogen-bond acceptors (Lipinski definition) is 3. The molecule has 0 radical (unpaired) electrons. The molecule has 0 heterocycles. The van der Waals surface area contributed by atoms with Crippen molar-refractivity contribution in [3.05, 3.63) is 35.9 Å². The van der Waals surface area contributed by atoms with Gasteiger partial charge in [0.1, 0.15) is 0 Å². The monoisotopic (exact) mass is 248 g/mol. The van der Waals surface area contributed by atoms with E-state index in [4.69, 9.17) is 15.8 Å². The number of aliphatic carboxylic acids is 1. The van der Waals surface area contributed by atoms with Gasteiger partial charge in [-0.25, -0.2) is 8.42 Å². The zero-order valence-corrected chi connectivity index (χ0v) is 9.20. The summed E-state index contributed by atoms with van der Waals surface area (Å²) in [5.41, 5.74) is 0.425. The SMILES string of the molecule is O=C(O)C(CS(=O)(=O)Cl)c1ccccc1. The number of carboxylic acids is 1. The molecule has 0 spiro atoms. The van der Waals surface area contributed by atoms with Crippen molar-refractivity contribution in [2.75, 3.05) is 5.75 Å². The van der Waals surface area contributed by atoms with E-state index < -0.39 is 26.7 Å². The van der Waals surface area contributed by atoms with E-state index in [0.29, 0.717) is 5.56 Å². The fourth-order valence-corrected chi connectivity index (χ4v) is 2.31. The van der Waals surface area contributed by atoms with E-state index in [1.807, 2.05) is 0 Å². The molecule has 0 amide bonds. The van der Waals surface area contributed by atoms with Crippen LogP contribution in [0.4, 0.5) is 0 Å². The zero-order chi connectivity index (χ0) is 11.5. The Kier molecular flexibility index (Phi) is 3.71. The second-order valence-corrected chi connectivity index (χ2v) is 5.83. The molecule has 1 N–H and O–H groups in total. The van der Waals surface area contributed by atoms with E-state index in [1.54, 1.807) is 30.3 Å². The molecular weight excluding hydrogens is 240 g/mol. The van der Waals surface area contributed by atoms with Crippen molar-refractivity contribution >= 4 is 25.7 Å². The fourth-order valence-electron chi connectivity index (χ4n) is 1.19. The van der Waals surface area contributed by atoms with Crippen LogP contribution < -0.4 is 0 Å². The number of carboxylic acid groups (broad SMARTS) is 1. The first-order valence-electron chi connectivity index (χ1n) is 4.10. The summed E-state index contributed by atoms with van der Waals surface area (Å²) in [6.07, 6.45) is 0. The van der Waals surface area contributed by atoms with Gasteiger partial charge >= 0.3 is 5.97 Å². The van der Waals surface area contributed by atoms with E-state index in [9.17, 15) is 13.2 Å². The Labute approximate surface area is 91.9 Å². The van der Waals surface area contributed by atoms with Gasteiger partial charge in [-0.05, 0) is 5.56 Å². The topological polar surface area (TPSA) is 71.4 Å². The van der Waals surface area contributed by atoms with Crippen LogP contribution in [0.1, 0.15) is 11.5 Å². The second-order valence-electron chi connectivity index (χ2n) is 3.01. The van der Waals surface area contributed by atoms with Gasteiger partial charge in [0.05, 0.1) is 11.7 Å². The molecule has 0 aliphatic carbocycles. The molecule has 0 bridgehead atoms. The Morgan fingerprint density at radius 2 is 1.87 bits per heavy atom. The van der Waals surface area contributed by atoms with E-state index >= 15 is 0 Å². The van der Waals surface area contributed by atoms with Crippen molar-refractivity contribution in [3.8, 4) is 0 Å². The summed E-state index contributed by atoms with van der Waals surface area (Å²) >= 11 is 0. The largest absolute Gasteiger partial charge is 0.481 e. The maximum absolute atomic E-state index is 10.9. The van der Waals surface area contributed by atoms with E-state index in [0.717, 1.165) is 0 Å². The molecular formula is C9H9ClO4S. The predicted molar refractivity (Wildman–Crippen MR) is 56.5 cm³/mol. The Morgan fingerprint density at radius 1 is 1.33 bits per heavy atom. The van der Waals surface area contributed by atoms with Crippen molar-refractivity contribution in [1.29, 1.82) is 0 Å². The highest BCUT2D eigenvalue weighted by Gasteiger charge is 2.25. The van der Waals surface area contributed by atoms with Crippen LogP contribution in [-0.2, 0) is 13.8 Å². The summed E-state index contributed by atoms with van der Waals surface area (Å²) < 4.78 is 21.6. The van der Waals surface area contributed by atoms with Crippen LogP contribution in [0, 0.1) is 0 Å². The molecule has 0 aliphatic rings. The van der Waals surface area contributed by atoms with Crippen LogP contribution >= 0.6 is 10.7 Å². The Balaban J connectivity index is 3.00. The normalized spacial score (nSPS) is 13.4. The Hall–Kier alpha value is -1.07. The Bertz CT molecular complexity index is 440. The molecule has 1 aromatic carbocycles. The summed E-state index contributed by atoms with van der Waals surface area (Å²) in [7, 11) is 1.21. The van der Waals surface area contributed by atoms with Gasteiger partial charge in [-0.2, -0.15) is 0 Å². The van der Waals surface area contributed by atoms with Crippen molar-refractivity contribution in [2.45, 2.75) is 5.92 Å². The minimum Gasteiger partial charge on any atom is -0.481 e. The van der Waals surface area contributed by atoms with Crippen molar-refractivity contribution in [2.24, 2.45) is 0 Å². The quantitative estimate of drug-likeness (QED) is 0.818. The lowest BCUT2D eigenvalue weighted by Gasteiger charge is -2.09. The molecule has 4 nitrogen and oxygen atoms in total. The summed E-state index contributed by atoms with van der Waals surface area (Å²) in [5, 5.41) is 8.87. The lowest BCUT2D eigenvalue weighted by atomic mass is 10.0. The first-order valence-corrected chi connectivity index (χ1v) is 6.58. The second kappa shape index (κ2) is 4.63. The Morgan fingerprint density at radius 3 is 2.27 bits per heavy atom. The third-order valence-electron chi connectivity index (χ3n) is 1.87. The molecule has 82 valence electrons. The standard InChI is InChI=1S/C9H9ClO4S/c10-15(13,14)6-8(9(11)12)7-4-2-1-3-5-7/h1-5,8H,6H2,(H,11,12). The highest BCUT2D eigenvalue weighted by Crippen LogP contribution is 2.19. The van der Waals surface area contributed by atoms with Gasteiger partial charge < -0.3 is 5.11 Å². The molecule has 1 unspecified atom stereocenters. The van der Waals surface area contributed by atoms with E-state index in [-0.39, 0.29) is 0 Å².